The first-order chi connectivity index (χ1) is 17.6. The van der Waals surface area contributed by atoms with Crippen LogP contribution in [0.15, 0.2) is 30.9 Å². The highest BCUT2D eigenvalue weighted by Gasteiger charge is 2.72. The average Bonchev–Trinajstić information content (AvgIpc) is 3.16. The molecule has 2 saturated carbocycles. The fourth-order valence-corrected chi connectivity index (χ4v) is 7.77. The molecule has 1 saturated heterocycles. The van der Waals surface area contributed by atoms with Gasteiger partial charge in [0.15, 0.2) is 18.3 Å². The summed E-state index contributed by atoms with van der Waals surface area (Å²) in [5.41, 5.74) is -0.428. The first kappa shape index (κ1) is 27.7. The molecular weight excluding hydrogens is 502 g/mol. The van der Waals surface area contributed by atoms with Crippen molar-refractivity contribution in [2.24, 2.45) is 16.7 Å². The molecule has 3 aliphatic rings. The Kier molecular flexibility index (Phi) is 7.81. The minimum atomic E-state index is -3.70. The molecule has 37 heavy (non-hydrogen) atoms. The van der Waals surface area contributed by atoms with E-state index in [2.05, 4.69) is 6.58 Å². The van der Waals surface area contributed by atoms with E-state index in [1.807, 2.05) is 24.3 Å². The number of hydrogen-bond donors (Lipinski definition) is 0. The van der Waals surface area contributed by atoms with Crippen molar-refractivity contribution < 1.29 is 41.1 Å². The Hall–Kier alpha value is -2.34. The molecule has 0 aromatic heterocycles. The lowest BCUT2D eigenvalue weighted by Crippen LogP contribution is -2.69. The first-order valence-corrected chi connectivity index (χ1v) is 14.1. The highest BCUT2D eigenvalue weighted by Crippen LogP contribution is 2.69. The van der Waals surface area contributed by atoms with Crippen LogP contribution in [-0.2, 0) is 28.5 Å². The van der Waals surface area contributed by atoms with E-state index in [9.17, 15) is 13.2 Å². The Labute approximate surface area is 218 Å². The number of methoxy groups -OCH3 is 4. The van der Waals surface area contributed by atoms with Gasteiger partial charge in [-0.2, -0.15) is 8.42 Å². The third kappa shape index (κ3) is 4.49. The van der Waals surface area contributed by atoms with E-state index in [1.54, 1.807) is 26.2 Å². The van der Waals surface area contributed by atoms with Gasteiger partial charge in [0.05, 0.1) is 39.2 Å². The van der Waals surface area contributed by atoms with E-state index >= 15 is 0 Å². The van der Waals surface area contributed by atoms with Crippen molar-refractivity contribution >= 4 is 16.2 Å². The molecule has 0 spiro atoms. The summed E-state index contributed by atoms with van der Waals surface area (Å²) >= 11 is 0. The number of rotatable bonds is 10. The van der Waals surface area contributed by atoms with Gasteiger partial charge >= 0.3 is 6.09 Å². The molecule has 10 nitrogen and oxygen atoms in total. The maximum absolute atomic E-state index is 13.3. The predicted molar refractivity (Wildman–Crippen MR) is 135 cm³/mol. The van der Waals surface area contributed by atoms with Crippen LogP contribution in [0, 0.1) is 16.7 Å². The number of amides is 1. The molecule has 2 aliphatic carbocycles. The Morgan fingerprint density at radius 1 is 1.24 bits per heavy atom. The highest BCUT2D eigenvalue weighted by atomic mass is 32.2. The number of piperidine rings is 1. The van der Waals surface area contributed by atoms with Crippen LogP contribution in [0.5, 0.6) is 11.5 Å². The fourth-order valence-electron chi connectivity index (χ4n) is 7.32. The number of nitrogens with zero attached hydrogens (tertiary/aromatic N) is 1. The van der Waals surface area contributed by atoms with Crippen LogP contribution in [0.25, 0.3) is 0 Å². The molecule has 4 bridgehead atoms. The average molecular weight is 540 g/mol. The van der Waals surface area contributed by atoms with E-state index in [0.29, 0.717) is 37.3 Å². The van der Waals surface area contributed by atoms with E-state index < -0.39 is 27.0 Å². The predicted octanol–water partition coefficient (Wildman–Crippen LogP) is 3.18. The van der Waals surface area contributed by atoms with Crippen LogP contribution in [-0.4, -0.2) is 86.2 Å². The zero-order valence-electron chi connectivity index (χ0n) is 22.1. The number of carbonyl (C=O) groups is 1. The van der Waals surface area contributed by atoms with Crippen molar-refractivity contribution in [2.75, 3.05) is 54.6 Å². The van der Waals surface area contributed by atoms with E-state index in [-0.39, 0.29) is 37.4 Å². The monoisotopic (exact) mass is 539 g/mol. The van der Waals surface area contributed by atoms with Crippen molar-refractivity contribution in [1.29, 1.82) is 0 Å². The number of hydrogen-bond acceptors (Lipinski definition) is 9. The normalized spacial score (nSPS) is 32.6. The molecule has 0 radical (unpaired) electrons. The van der Waals surface area contributed by atoms with Gasteiger partial charge in [-0.25, -0.2) is 4.79 Å². The summed E-state index contributed by atoms with van der Waals surface area (Å²) in [6.07, 6.45) is 4.17. The Morgan fingerprint density at radius 3 is 2.59 bits per heavy atom. The fraction of sp³-hybridized carbons (Fsp3) is 0.654. The van der Waals surface area contributed by atoms with E-state index in [1.165, 1.54) is 7.11 Å². The zero-order chi connectivity index (χ0) is 27.0. The second kappa shape index (κ2) is 10.4. The van der Waals surface area contributed by atoms with Crippen LogP contribution in [0.3, 0.4) is 0 Å². The largest absolute Gasteiger partial charge is 0.493 e. The minimum Gasteiger partial charge on any atom is -0.493 e. The maximum Gasteiger partial charge on any atom is 0.409 e. The summed E-state index contributed by atoms with van der Waals surface area (Å²) in [5.74, 6) is 0.828. The molecule has 1 amide bonds. The van der Waals surface area contributed by atoms with Gasteiger partial charge in [0.25, 0.3) is 10.1 Å². The lowest BCUT2D eigenvalue weighted by atomic mass is 9.51. The smallest absolute Gasteiger partial charge is 0.409 e. The molecule has 0 N–H and O–H groups in total. The molecule has 11 heteroatoms. The number of para-hydroxylation sites is 1. The number of carbonyl (C=O) groups excluding carboxylic acids is 1. The second-order valence-corrected chi connectivity index (χ2v) is 11.8. The summed E-state index contributed by atoms with van der Waals surface area (Å²) in [6, 6.07) is 5.30. The van der Waals surface area contributed by atoms with Gasteiger partial charge in [0.2, 0.25) is 0 Å². The number of benzene rings is 1. The van der Waals surface area contributed by atoms with Gasteiger partial charge in [-0.05, 0) is 31.2 Å². The van der Waals surface area contributed by atoms with Crippen molar-refractivity contribution in [2.45, 2.75) is 37.3 Å². The van der Waals surface area contributed by atoms with Crippen molar-refractivity contribution in [1.82, 2.24) is 4.90 Å². The molecule has 1 aromatic rings. The molecule has 6 atom stereocenters. The minimum absolute atomic E-state index is 0.0381. The lowest BCUT2D eigenvalue weighted by molar-refractivity contribution is -0.167. The topological polar surface area (TPSA) is 110 Å². The van der Waals surface area contributed by atoms with Crippen molar-refractivity contribution in [3.05, 3.63) is 36.4 Å². The van der Waals surface area contributed by atoms with Crippen molar-refractivity contribution in [3.8, 4) is 11.5 Å². The molecule has 206 valence electrons. The standard InChI is InChI=1S/C26H37NO9S/c1-7-26-20-13-18(17-9-8-10-19(22(17)33-4)35-16-31-2)23(26)27(24(28)34-5)14-25(20,12-11-21(26)32-3)15-36-37(6,29)30/h7-10,18,20-21,23H,1,11-16H2,2-6H3/t18-,20+,21?,23?,25?,26?/m0/s1. The van der Waals surface area contributed by atoms with Gasteiger partial charge in [-0.1, -0.05) is 18.2 Å². The van der Waals surface area contributed by atoms with E-state index in [0.717, 1.165) is 11.8 Å². The number of ether oxygens (including phenoxy) is 5. The first-order valence-electron chi connectivity index (χ1n) is 12.3. The molecule has 4 rings (SSSR count). The van der Waals surface area contributed by atoms with Gasteiger partial charge in [-0.3, -0.25) is 4.18 Å². The van der Waals surface area contributed by atoms with Gasteiger partial charge in [0.1, 0.15) is 0 Å². The zero-order valence-corrected chi connectivity index (χ0v) is 22.9. The quantitative estimate of drug-likeness (QED) is 0.252. The van der Waals surface area contributed by atoms with Gasteiger partial charge in [-0.15, -0.1) is 6.58 Å². The Morgan fingerprint density at radius 2 is 2.00 bits per heavy atom. The van der Waals surface area contributed by atoms with Crippen LogP contribution in [0.4, 0.5) is 4.79 Å². The van der Waals surface area contributed by atoms with Crippen LogP contribution in [0.1, 0.15) is 30.7 Å². The van der Waals surface area contributed by atoms with Crippen LogP contribution < -0.4 is 9.47 Å². The van der Waals surface area contributed by atoms with Crippen molar-refractivity contribution in [3.63, 3.8) is 0 Å². The summed E-state index contributed by atoms with van der Waals surface area (Å²) in [4.78, 5) is 15.0. The Bertz CT molecular complexity index is 1130. The summed E-state index contributed by atoms with van der Waals surface area (Å²) in [6.45, 7) is 4.55. The second-order valence-electron chi connectivity index (χ2n) is 10.2. The lowest BCUT2D eigenvalue weighted by Gasteiger charge is -2.62. The molecular formula is C26H37NO9S. The van der Waals surface area contributed by atoms with Crippen LogP contribution >= 0.6 is 0 Å². The molecule has 1 aliphatic heterocycles. The third-order valence-corrected chi connectivity index (χ3v) is 9.11. The summed E-state index contributed by atoms with van der Waals surface area (Å²) < 4.78 is 57.5. The number of likely N-dealkylation sites (tertiary alicyclic amines) is 1. The Balaban J connectivity index is 1.91. The summed E-state index contributed by atoms with van der Waals surface area (Å²) in [7, 11) is 2.44. The SMILES string of the molecule is C=CC12C(OC)CCC3(COS(C)(=O)=O)CN(C(=O)OC)C1[C@H](c1cccc(OCOC)c1OC)C[C@H]32. The molecule has 3 fully saturated rings. The van der Waals surface area contributed by atoms with Crippen LogP contribution in [0.2, 0.25) is 0 Å². The summed E-state index contributed by atoms with van der Waals surface area (Å²) in [5, 5.41) is 0. The van der Waals surface area contributed by atoms with Gasteiger partial charge in [0, 0.05) is 43.1 Å². The van der Waals surface area contributed by atoms with E-state index in [4.69, 9.17) is 27.9 Å². The van der Waals surface area contributed by atoms with Gasteiger partial charge < -0.3 is 28.6 Å². The maximum atomic E-state index is 13.3. The highest BCUT2D eigenvalue weighted by molar-refractivity contribution is 7.85. The molecule has 1 aromatic carbocycles. The third-order valence-electron chi connectivity index (χ3n) is 8.56. The molecule has 1 heterocycles. The molecule has 4 unspecified atom stereocenters.